The van der Waals surface area contributed by atoms with Crippen molar-refractivity contribution in [1.29, 1.82) is 0 Å². The minimum Gasteiger partial charge on any atom is -0.379 e. The first-order valence-corrected chi connectivity index (χ1v) is 12.2. The first-order chi connectivity index (χ1) is 15.8. The van der Waals surface area contributed by atoms with Gasteiger partial charge in [0.05, 0.1) is 41.1 Å². The van der Waals surface area contributed by atoms with E-state index in [0.29, 0.717) is 19.0 Å². The number of halogens is 1. The van der Waals surface area contributed by atoms with Crippen LogP contribution in [0.2, 0.25) is 5.02 Å². The summed E-state index contributed by atoms with van der Waals surface area (Å²) >= 11 is 6.23. The van der Waals surface area contributed by atoms with Crippen LogP contribution in [0.4, 0.5) is 11.5 Å². The van der Waals surface area contributed by atoms with Crippen molar-refractivity contribution in [3.05, 3.63) is 59.6 Å². The Morgan fingerprint density at radius 2 is 1.91 bits per heavy atom. The third kappa shape index (κ3) is 5.36. The molecule has 2 N–H and O–H groups in total. The van der Waals surface area contributed by atoms with Crippen LogP contribution in [0, 0.1) is 0 Å². The molecular formula is C22H24ClN5O4S. The van der Waals surface area contributed by atoms with Crippen molar-refractivity contribution in [2.75, 3.05) is 50.1 Å². The first-order valence-electron chi connectivity index (χ1n) is 10.3. The lowest BCUT2D eigenvalue weighted by molar-refractivity contribution is -0.114. The van der Waals surface area contributed by atoms with E-state index in [1.807, 2.05) is 36.4 Å². The highest BCUT2D eigenvalue weighted by Crippen LogP contribution is 2.27. The molecule has 9 nitrogen and oxygen atoms in total. The third-order valence-electron chi connectivity index (χ3n) is 5.24. The zero-order valence-electron chi connectivity index (χ0n) is 18.0. The quantitative estimate of drug-likeness (QED) is 0.528. The normalized spacial score (nSPS) is 14.7. The molecule has 0 aliphatic carbocycles. The number of carbonyl (C=O) groups is 1. The Morgan fingerprint density at radius 1 is 1.18 bits per heavy atom. The van der Waals surface area contributed by atoms with Crippen LogP contribution in [0.3, 0.4) is 0 Å². The van der Waals surface area contributed by atoms with E-state index in [4.69, 9.17) is 16.3 Å². The van der Waals surface area contributed by atoms with Crippen LogP contribution in [0.1, 0.15) is 0 Å². The van der Waals surface area contributed by atoms with E-state index in [1.165, 1.54) is 22.5 Å². The van der Waals surface area contributed by atoms with Gasteiger partial charge in [-0.25, -0.2) is 8.42 Å². The summed E-state index contributed by atoms with van der Waals surface area (Å²) in [5.74, 6) is 0.239. The summed E-state index contributed by atoms with van der Waals surface area (Å²) in [6.45, 7) is 1.26. The third-order valence-corrected chi connectivity index (χ3v) is 7.46. The number of hydrogen-bond donors (Lipinski definition) is 2. The molecule has 2 heterocycles. The predicted octanol–water partition coefficient (Wildman–Crippen LogP) is 2.83. The second kappa shape index (κ2) is 9.92. The largest absolute Gasteiger partial charge is 0.379 e. The molecule has 3 aromatic rings. The van der Waals surface area contributed by atoms with Crippen molar-refractivity contribution in [3.8, 4) is 11.3 Å². The minimum atomic E-state index is -3.71. The Balaban J connectivity index is 1.44. The van der Waals surface area contributed by atoms with Gasteiger partial charge >= 0.3 is 0 Å². The van der Waals surface area contributed by atoms with E-state index in [0.717, 1.165) is 11.3 Å². The number of morpholine rings is 1. The van der Waals surface area contributed by atoms with Crippen LogP contribution >= 0.6 is 11.6 Å². The fourth-order valence-electron chi connectivity index (χ4n) is 3.46. The average molecular weight is 490 g/mol. The van der Waals surface area contributed by atoms with Gasteiger partial charge < -0.3 is 15.0 Å². The van der Waals surface area contributed by atoms with E-state index >= 15 is 0 Å². The molecule has 11 heteroatoms. The van der Waals surface area contributed by atoms with E-state index < -0.39 is 10.0 Å². The molecular weight excluding hydrogens is 466 g/mol. The van der Waals surface area contributed by atoms with Crippen LogP contribution in [0.5, 0.6) is 0 Å². The maximum Gasteiger partial charge on any atom is 0.243 e. The molecule has 0 radical (unpaired) electrons. The highest BCUT2D eigenvalue weighted by molar-refractivity contribution is 7.89. The molecule has 1 saturated heterocycles. The molecule has 1 aromatic heterocycles. The lowest BCUT2D eigenvalue weighted by atomic mass is 10.1. The highest BCUT2D eigenvalue weighted by atomic mass is 35.5. The summed E-state index contributed by atoms with van der Waals surface area (Å²) in [4.78, 5) is 14.4. The summed E-state index contributed by atoms with van der Waals surface area (Å²) in [7, 11) is -1.97. The molecule has 33 heavy (non-hydrogen) atoms. The van der Waals surface area contributed by atoms with Crippen molar-refractivity contribution >= 4 is 39.0 Å². The second-order valence-corrected chi connectivity index (χ2v) is 9.91. The van der Waals surface area contributed by atoms with Gasteiger partial charge in [0.15, 0.2) is 5.82 Å². The fraction of sp³-hybridized carbons (Fsp3) is 0.273. The van der Waals surface area contributed by atoms with Gasteiger partial charge in [-0.05, 0) is 23.8 Å². The summed E-state index contributed by atoms with van der Waals surface area (Å²) in [5, 5.41) is 10.2. The number of benzene rings is 2. The molecule has 174 valence electrons. The van der Waals surface area contributed by atoms with E-state index in [1.54, 1.807) is 11.9 Å². The molecule has 0 bridgehead atoms. The molecule has 0 saturated carbocycles. The number of ether oxygens (including phenoxy) is 1. The molecule has 1 fully saturated rings. The zero-order chi connectivity index (χ0) is 23.4. The molecule has 1 aliphatic rings. The molecule has 0 atom stereocenters. The predicted molar refractivity (Wildman–Crippen MR) is 127 cm³/mol. The van der Waals surface area contributed by atoms with Gasteiger partial charge in [-0.2, -0.15) is 9.40 Å². The van der Waals surface area contributed by atoms with Gasteiger partial charge in [-0.3, -0.25) is 9.89 Å². The maximum absolute atomic E-state index is 12.9. The molecule has 1 amide bonds. The van der Waals surface area contributed by atoms with Crippen LogP contribution in [0.15, 0.2) is 59.5 Å². The topological polar surface area (TPSA) is 108 Å². The lowest BCUT2D eigenvalue weighted by Gasteiger charge is -2.26. The SMILES string of the molecule is CN(CC(=O)Nc1cc(S(=O)(=O)N2CCOCC2)ccc1Cl)c1cc(-c2ccccc2)[nH]n1. The van der Waals surface area contributed by atoms with Crippen molar-refractivity contribution < 1.29 is 17.9 Å². The van der Waals surface area contributed by atoms with E-state index in [2.05, 4.69) is 15.5 Å². The van der Waals surface area contributed by atoms with Gasteiger partial charge in [-0.1, -0.05) is 41.9 Å². The highest BCUT2D eigenvalue weighted by Gasteiger charge is 2.27. The van der Waals surface area contributed by atoms with Gasteiger partial charge in [0.1, 0.15) is 0 Å². The molecule has 1 aliphatic heterocycles. The van der Waals surface area contributed by atoms with Crippen LogP contribution in [0.25, 0.3) is 11.3 Å². The van der Waals surface area contributed by atoms with E-state index in [-0.39, 0.29) is 41.1 Å². The number of carbonyl (C=O) groups excluding carboxylic acids is 1. The Kier molecular flexibility index (Phi) is 6.99. The fourth-order valence-corrected chi connectivity index (χ4v) is 5.05. The Morgan fingerprint density at radius 3 is 2.64 bits per heavy atom. The minimum absolute atomic E-state index is 0.00411. The summed E-state index contributed by atoms with van der Waals surface area (Å²) in [5.41, 5.74) is 2.05. The maximum atomic E-state index is 12.9. The number of nitrogens with one attached hydrogen (secondary N) is 2. The number of aromatic amines is 1. The van der Waals surface area contributed by atoms with Crippen molar-refractivity contribution in [2.24, 2.45) is 0 Å². The average Bonchev–Trinajstić information content (AvgIpc) is 3.32. The molecule has 2 aromatic carbocycles. The van der Waals surface area contributed by atoms with Gasteiger partial charge in [0, 0.05) is 26.2 Å². The van der Waals surface area contributed by atoms with Crippen molar-refractivity contribution in [2.45, 2.75) is 4.90 Å². The number of amides is 1. The molecule has 0 spiro atoms. The zero-order valence-corrected chi connectivity index (χ0v) is 19.6. The van der Waals surface area contributed by atoms with Gasteiger partial charge in [0.25, 0.3) is 0 Å². The van der Waals surface area contributed by atoms with E-state index in [9.17, 15) is 13.2 Å². The Bertz CT molecular complexity index is 1230. The van der Waals surface area contributed by atoms with Crippen LogP contribution < -0.4 is 10.2 Å². The smallest absolute Gasteiger partial charge is 0.243 e. The Labute approximate surface area is 197 Å². The number of sulfonamides is 1. The standard InChI is InChI=1S/C22H24ClN5O4S/c1-27(21-14-19(25-26-21)16-5-3-2-4-6-16)15-22(29)24-20-13-17(7-8-18(20)23)33(30,31)28-9-11-32-12-10-28/h2-8,13-14H,9-12,15H2,1H3,(H,24,29)(H,25,26). The van der Waals surface area contributed by atoms with Crippen molar-refractivity contribution in [3.63, 3.8) is 0 Å². The number of anilines is 2. The number of nitrogens with zero attached hydrogens (tertiary/aromatic N) is 3. The monoisotopic (exact) mass is 489 g/mol. The summed E-state index contributed by atoms with van der Waals surface area (Å²) in [6, 6.07) is 15.9. The van der Waals surface area contributed by atoms with Gasteiger partial charge in [-0.15, -0.1) is 0 Å². The van der Waals surface area contributed by atoms with Crippen LogP contribution in [-0.4, -0.2) is 68.7 Å². The number of rotatable bonds is 7. The number of hydrogen-bond acceptors (Lipinski definition) is 6. The lowest BCUT2D eigenvalue weighted by Crippen LogP contribution is -2.40. The first kappa shape index (κ1) is 23.2. The number of H-pyrrole nitrogens is 1. The number of aromatic nitrogens is 2. The number of likely N-dealkylation sites (N-methyl/N-ethyl adjacent to an activating group) is 1. The van der Waals surface area contributed by atoms with Gasteiger partial charge in [0.2, 0.25) is 15.9 Å². The molecule has 0 unspecified atom stereocenters. The molecule has 4 rings (SSSR count). The Hall–Kier alpha value is -2.92. The van der Waals surface area contributed by atoms with Crippen LogP contribution in [-0.2, 0) is 19.6 Å². The summed E-state index contributed by atoms with van der Waals surface area (Å²) < 4.78 is 32.4. The van der Waals surface area contributed by atoms with Crippen molar-refractivity contribution in [1.82, 2.24) is 14.5 Å². The summed E-state index contributed by atoms with van der Waals surface area (Å²) in [6.07, 6.45) is 0. The second-order valence-electron chi connectivity index (χ2n) is 7.57.